The lowest BCUT2D eigenvalue weighted by atomic mass is 10.1. The van der Waals surface area contributed by atoms with E-state index in [9.17, 15) is 9.90 Å². The molecule has 7 heteroatoms. The molecule has 2 aromatic rings. The van der Waals surface area contributed by atoms with Crippen LogP contribution in [0.4, 0.5) is 10.6 Å². The number of nitrogens with one attached hydrogen (secondary N) is 1. The van der Waals surface area contributed by atoms with Gasteiger partial charge in [0.15, 0.2) is 0 Å². The summed E-state index contributed by atoms with van der Waals surface area (Å²) < 4.78 is 5.41. The van der Waals surface area contributed by atoms with Crippen molar-refractivity contribution >= 4 is 22.7 Å². The number of pyridine rings is 2. The van der Waals surface area contributed by atoms with Gasteiger partial charge in [0.25, 0.3) is 0 Å². The number of hydrogen-bond donors (Lipinski definition) is 2. The number of ether oxygens (including phenoxy) is 1. The molecule has 0 radical (unpaired) electrons. The Morgan fingerprint density at radius 2 is 2.04 bits per heavy atom. The van der Waals surface area contributed by atoms with Gasteiger partial charge in [0, 0.05) is 42.3 Å². The molecule has 2 N–H and O–H groups in total. The van der Waals surface area contributed by atoms with Gasteiger partial charge < -0.3 is 20.1 Å². The van der Waals surface area contributed by atoms with E-state index in [1.807, 2.05) is 26.8 Å². The highest BCUT2D eigenvalue weighted by atomic mass is 16.6. The molecule has 3 rings (SSSR count). The van der Waals surface area contributed by atoms with Gasteiger partial charge in [0.1, 0.15) is 11.4 Å². The van der Waals surface area contributed by atoms with Crippen LogP contribution in [0.5, 0.6) is 5.88 Å². The second-order valence-corrected chi connectivity index (χ2v) is 7.31. The number of likely N-dealkylation sites (tertiary alicyclic amines) is 1. The van der Waals surface area contributed by atoms with Gasteiger partial charge in [-0.3, -0.25) is 0 Å². The van der Waals surface area contributed by atoms with Crippen molar-refractivity contribution in [2.45, 2.75) is 45.3 Å². The molecule has 0 aliphatic carbocycles. The van der Waals surface area contributed by atoms with Crippen LogP contribution in [0.3, 0.4) is 0 Å². The highest BCUT2D eigenvalue weighted by Gasteiger charge is 2.26. The smallest absolute Gasteiger partial charge is 0.410 e. The maximum absolute atomic E-state index is 12.1. The molecular weight excluding hydrogens is 320 g/mol. The highest BCUT2D eigenvalue weighted by Crippen LogP contribution is 2.25. The quantitative estimate of drug-likeness (QED) is 0.870. The number of aromatic nitrogens is 2. The number of anilines is 1. The number of fused-ring (bicyclic) bond motifs is 1. The molecule has 0 aromatic carbocycles. The number of piperidine rings is 1. The van der Waals surface area contributed by atoms with Gasteiger partial charge in [-0.1, -0.05) is 0 Å². The molecule has 1 aliphatic heterocycles. The minimum absolute atomic E-state index is 0.00250. The summed E-state index contributed by atoms with van der Waals surface area (Å²) in [5.41, 5.74) is -0.475. The fourth-order valence-electron chi connectivity index (χ4n) is 2.87. The van der Waals surface area contributed by atoms with Crippen LogP contribution in [0.2, 0.25) is 0 Å². The normalized spacial score (nSPS) is 16.0. The maximum Gasteiger partial charge on any atom is 0.410 e. The van der Waals surface area contributed by atoms with E-state index in [-0.39, 0.29) is 18.0 Å². The second-order valence-electron chi connectivity index (χ2n) is 7.31. The molecule has 7 nitrogen and oxygen atoms in total. The molecular formula is C18H24N4O3. The van der Waals surface area contributed by atoms with Crippen LogP contribution in [0, 0.1) is 0 Å². The van der Waals surface area contributed by atoms with E-state index >= 15 is 0 Å². The van der Waals surface area contributed by atoms with Gasteiger partial charge in [-0.15, -0.1) is 0 Å². The molecule has 0 unspecified atom stereocenters. The second kappa shape index (κ2) is 6.74. The standard InChI is InChI=1S/C18H24N4O3/c1-18(2,3)25-17(24)22-8-5-13(6-9-22)21-15-10-14-12(11-20-15)4-7-19-16(14)23/h4,7,10-11,13H,5-6,8-9H2,1-3H3,(H,19,23)(H,20,21). The number of carbonyl (C=O) groups is 1. The molecule has 0 bridgehead atoms. The first-order valence-electron chi connectivity index (χ1n) is 8.50. The lowest BCUT2D eigenvalue weighted by Gasteiger charge is -2.33. The molecule has 2 aromatic heterocycles. The Bertz CT molecular complexity index is 764. The molecule has 0 spiro atoms. The van der Waals surface area contributed by atoms with E-state index in [1.165, 1.54) is 0 Å². The minimum Gasteiger partial charge on any atom is -0.493 e. The Labute approximate surface area is 147 Å². The molecule has 134 valence electrons. The summed E-state index contributed by atoms with van der Waals surface area (Å²) in [6.45, 7) is 6.90. The van der Waals surface area contributed by atoms with Crippen molar-refractivity contribution in [2.24, 2.45) is 0 Å². The fourth-order valence-corrected chi connectivity index (χ4v) is 2.87. The summed E-state index contributed by atoms with van der Waals surface area (Å²) in [5.74, 6) is 0.703. The molecule has 1 amide bonds. The number of amides is 1. The summed E-state index contributed by atoms with van der Waals surface area (Å²) in [5, 5.41) is 14.8. The average Bonchev–Trinajstić information content (AvgIpc) is 2.55. The number of hydrogen-bond acceptors (Lipinski definition) is 6. The minimum atomic E-state index is -0.475. The van der Waals surface area contributed by atoms with Crippen LogP contribution in [0.15, 0.2) is 24.5 Å². The average molecular weight is 344 g/mol. The van der Waals surface area contributed by atoms with E-state index in [1.54, 1.807) is 23.4 Å². The van der Waals surface area contributed by atoms with Gasteiger partial charge in [0.05, 0.1) is 0 Å². The van der Waals surface area contributed by atoms with Crippen LogP contribution in [0.1, 0.15) is 33.6 Å². The van der Waals surface area contributed by atoms with Crippen molar-refractivity contribution in [3.05, 3.63) is 24.5 Å². The molecule has 1 aliphatic rings. The Kier molecular flexibility index (Phi) is 4.65. The third kappa shape index (κ3) is 4.29. The molecule has 25 heavy (non-hydrogen) atoms. The first kappa shape index (κ1) is 17.3. The zero-order valence-electron chi connectivity index (χ0n) is 14.8. The van der Waals surface area contributed by atoms with E-state index in [2.05, 4.69) is 15.3 Å². The summed E-state index contributed by atoms with van der Waals surface area (Å²) >= 11 is 0. The van der Waals surface area contributed by atoms with Crippen LogP contribution in [-0.2, 0) is 4.74 Å². The van der Waals surface area contributed by atoms with E-state index in [0.717, 1.165) is 18.2 Å². The van der Waals surface area contributed by atoms with Gasteiger partial charge in [-0.25, -0.2) is 14.8 Å². The number of carbonyl (C=O) groups excluding carboxylic acids is 1. The van der Waals surface area contributed by atoms with Crippen LogP contribution >= 0.6 is 0 Å². The zero-order valence-corrected chi connectivity index (χ0v) is 14.8. The largest absolute Gasteiger partial charge is 0.493 e. The lowest BCUT2D eigenvalue weighted by molar-refractivity contribution is 0.0210. The van der Waals surface area contributed by atoms with Crippen molar-refractivity contribution in [2.75, 3.05) is 18.4 Å². The highest BCUT2D eigenvalue weighted by molar-refractivity contribution is 5.87. The summed E-state index contributed by atoms with van der Waals surface area (Å²) in [6.07, 6.45) is 4.65. The zero-order chi connectivity index (χ0) is 18.0. The Morgan fingerprint density at radius 1 is 1.32 bits per heavy atom. The predicted molar refractivity (Wildman–Crippen MR) is 95.7 cm³/mol. The molecule has 1 saturated heterocycles. The molecule has 0 saturated carbocycles. The topological polar surface area (TPSA) is 87.6 Å². The third-order valence-corrected chi connectivity index (χ3v) is 4.13. The van der Waals surface area contributed by atoms with Crippen molar-refractivity contribution in [3.63, 3.8) is 0 Å². The molecule has 0 atom stereocenters. The van der Waals surface area contributed by atoms with Gasteiger partial charge in [0.2, 0.25) is 5.88 Å². The van der Waals surface area contributed by atoms with E-state index < -0.39 is 5.60 Å². The molecule has 1 fully saturated rings. The Morgan fingerprint density at radius 3 is 2.72 bits per heavy atom. The van der Waals surface area contributed by atoms with E-state index in [4.69, 9.17) is 4.74 Å². The SMILES string of the molecule is CC(C)(C)OC(=O)N1CCC(Nc2cc3c(O)nccc3cn2)CC1. The lowest BCUT2D eigenvalue weighted by Crippen LogP contribution is -2.44. The maximum atomic E-state index is 12.1. The number of nitrogens with zero attached hydrogens (tertiary/aromatic N) is 3. The van der Waals surface area contributed by atoms with Gasteiger partial charge in [-0.05, 0) is 45.7 Å². The van der Waals surface area contributed by atoms with Gasteiger partial charge in [-0.2, -0.15) is 0 Å². The third-order valence-electron chi connectivity index (χ3n) is 4.13. The fraction of sp³-hybridized carbons (Fsp3) is 0.500. The van der Waals surface area contributed by atoms with Gasteiger partial charge >= 0.3 is 6.09 Å². The van der Waals surface area contributed by atoms with Crippen LogP contribution < -0.4 is 5.32 Å². The van der Waals surface area contributed by atoms with E-state index in [0.29, 0.717) is 24.3 Å². The van der Waals surface area contributed by atoms with Crippen molar-refractivity contribution in [1.29, 1.82) is 0 Å². The van der Waals surface area contributed by atoms with Crippen LogP contribution in [-0.4, -0.2) is 50.8 Å². The van der Waals surface area contributed by atoms with Crippen molar-refractivity contribution in [3.8, 4) is 5.88 Å². The number of aromatic hydroxyl groups is 1. The first-order valence-corrected chi connectivity index (χ1v) is 8.50. The van der Waals surface area contributed by atoms with Crippen molar-refractivity contribution < 1.29 is 14.6 Å². The summed E-state index contributed by atoms with van der Waals surface area (Å²) in [4.78, 5) is 22.1. The predicted octanol–water partition coefficient (Wildman–Crippen LogP) is 3.15. The first-order chi connectivity index (χ1) is 11.8. The Hall–Kier alpha value is -2.57. The summed E-state index contributed by atoms with van der Waals surface area (Å²) in [6, 6.07) is 3.84. The van der Waals surface area contributed by atoms with Crippen LogP contribution in [0.25, 0.3) is 10.8 Å². The molecule has 3 heterocycles. The summed E-state index contributed by atoms with van der Waals surface area (Å²) in [7, 11) is 0. The van der Waals surface area contributed by atoms with Crippen molar-refractivity contribution in [1.82, 2.24) is 14.9 Å². The Balaban J connectivity index is 1.59. The number of rotatable bonds is 2. The monoisotopic (exact) mass is 344 g/mol.